The van der Waals surface area contributed by atoms with Crippen molar-refractivity contribution in [2.75, 3.05) is 13.1 Å². The third-order valence-electron chi connectivity index (χ3n) is 2.92. The van der Waals surface area contributed by atoms with Crippen LogP contribution in [0.5, 0.6) is 5.75 Å². The Labute approximate surface area is 118 Å². The zero-order chi connectivity index (χ0) is 14.3. The molecule has 0 radical (unpaired) electrons. The average molecular weight is 263 g/mol. The minimum atomic E-state index is 0.241. The van der Waals surface area contributed by atoms with Gasteiger partial charge in [-0.05, 0) is 62.9 Å². The van der Waals surface area contributed by atoms with Gasteiger partial charge in [0, 0.05) is 0 Å². The largest absolute Gasteiger partial charge is 0.491 e. The summed E-state index contributed by atoms with van der Waals surface area (Å²) >= 11 is 0. The number of hydrogen-bond donors (Lipinski definition) is 1. The Hall–Kier alpha value is -1.02. The van der Waals surface area contributed by atoms with E-state index in [4.69, 9.17) is 4.74 Å². The summed E-state index contributed by atoms with van der Waals surface area (Å²) < 4.78 is 5.65. The summed E-state index contributed by atoms with van der Waals surface area (Å²) in [6.07, 6.45) is 1.36. The molecule has 0 bridgehead atoms. The second-order valence-corrected chi connectivity index (χ2v) is 6.17. The van der Waals surface area contributed by atoms with Crippen LogP contribution in [0.15, 0.2) is 24.3 Å². The van der Waals surface area contributed by atoms with E-state index in [2.05, 4.69) is 64.2 Å². The van der Waals surface area contributed by atoms with Crippen LogP contribution in [0, 0.1) is 11.8 Å². The number of hydrogen-bond acceptors (Lipinski definition) is 2. The molecule has 1 unspecified atom stereocenters. The van der Waals surface area contributed by atoms with Gasteiger partial charge in [-0.1, -0.05) is 32.9 Å². The van der Waals surface area contributed by atoms with Crippen LogP contribution in [0.25, 0.3) is 0 Å². The van der Waals surface area contributed by atoms with E-state index in [-0.39, 0.29) is 6.10 Å². The molecule has 1 rings (SSSR count). The van der Waals surface area contributed by atoms with Gasteiger partial charge in [-0.15, -0.1) is 0 Å². The lowest BCUT2D eigenvalue weighted by atomic mass is 10.0. The molecule has 0 aromatic heterocycles. The van der Waals surface area contributed by atoms with Crippen LogP contribution in [-0.4, -0.2) is 19.2 Å². The Morgan fingerprint density at radius 2 is 1.58 bits per heavy atom. The molecule has 1 atom stereocenters. The summed E-state index contributed by atoms with van der Waals surface area (Å²) in [6.45, 7) is 13.1. The van der Waals surface area contributed by atoms with Gasteiger partial charge in [0.25, 0.3) is 0 Å². The van der Waals surface area contributed by atoms with Crippen molar-refractivity contribution in [3.63, 3.8) is 0 Å². The van der Waals surface area contributed by atoms with E-state index < -0.39 is 0 Å². The number of ether oxygens (including phenoxy) is 1. The molecule has 0 aliphatic rings. The minimum absolute atomic E-state index is 0.241. The van der Waals surface area contributed by atoms with E-state index in [1.165, 1.54) is 5.56 Å². The fourth-order valence-corrected chi connectivity index (χ4v) is 2.07. The van der Waals surface area contributed by atoms with Gasteiger partial charge in [-0.3, -0.25) is 0 Å². The summed E-state index contributed by atoms with van der Waals surface area (Å²) in [5.41, 5.74) is 1.38. The topological polar surface area (TPSA) is 21.3 Å². The fourth-order valence-electron chi connectivity index (χ4n) is 2.07. The molecule has 2 nitrogen and oxygen atoms in total. The quantitative estimate of drug-likeness (QED) is 0.768. The first-order valence-corrected chi connectivity index (χ1v) is 7.43. The van der Waals surface area contributed by atoms with Crippen molar-refractivity contribution in [2.45, 2.75) is 47.1 Å². The molecule has 0 fully saturated rings. The predicted octanol–water partition coefficient (Wildman–Crippen LogP) is 3.90. The van der Waals surface area contributed by atoms with Gasteiger partial charge in [0.05, 0.1) is 6.10 Å². The van der Waals surface area contributed by atoms with Crippen molar-refractivity contribution in [3.8, 4) is 5.75 Å². The molecule has 0 saturated heterocycles. The van der Waals surface area contributed by atoms with E-state index in [0.29, 0.717) is 5.92 Å². The molecule has 0 spiro atoms. The third-order valence-corrected chi connectivity index (χ3v) is 2.92. The summed E-state index contributed by atoms with van der Waals surface area (Å²) in [4.78, 5) is 0. The van der Waals surface area contributed by atoms with Crippen LogP contribution >= 0.6 is 0 Å². The van der Waals surface area contributed by atoms with Gasteiger partial charge < -0.3 is 10.1 Å². The molecule has 1 aromatic carbocycles. The fraction of sp³-hybridized carbons (Fsp3) is 0.647. The number of nitrogens with one attached hydrogen (secondary N) is 1. The molecule has 19 heavy (non-hydrogen) atoms. The summed E-state index contributed by atoms with van der Waals surface area (Å²) in [5.74, 6) is 2.35. The molecule has 1 N–H and O–H groups in total. The van der Waals surface area contributed by atoms with Gasteiger partial charge in [-0.2, -0.15) is 0 Å². The Bertz CT molecular complexity index is 343. The van der Waals surface area contributed by atoms with Gasteiger partial charge in [0.1, 0.15) is 5.75 Å². The first-order valence-electron chi connectivity index (χ1n) is 7.43. The van der Waals surface area contributed by atoms with Crippen molar-refractivity contribution >= 4 is 0 Å². The molecule has 2 heteroatoms. The highest BCUT2D eigenvalue weighted by Gasteiger charge is 2.05. The van der Waals surface area contributed by atoms with Gasteiger partial charge in [0.2, 0.25) is 0 Å². The second kappa shape index (κ2) is 8.21. The number of rotatable bonds is 8. The van der Waals surface area contributed by atoms with Crippen molar-refractivity contribution < 1.29 is 4.74 Å². The molecular formula is C17H29NO. The van der Waals surface area contributed by atoms with E-state index in [9.17, 15) is 0 Å². The lowest BCUT2D eigenvalue weighted by Gasteiger charge is -2.15. The summed E-state index contributed by atoms with van der Waals surface area (Å²) in [6, 6.07) is 8.50. The van der Waals surface area contributed by atoms with Crippen LogP contribution in [0.3, 0.4) is 0 Å². The maximum Gasteiger partial charge on any atom is 0.119 e. The monoisotopic (exact) mass is 263 g/mol. The normalized spacial score (nSPS) is 13.0. The Kier molecular flexibility index (Phi) is 6.93. The Morgan fingerprint density at radius 3 is 2.11 bits per heavy atom. The molecule has 108 valence electrons. The first-order chi connectivity index (χ1) is 8.97. The zero-order valence-corrected chi connectivity index (χ0v) is 13.1. The van der Waals surface area contributed by atoms with Gasteiger partial charge >= 0.3 is 0 Å². The average Bonchev–Trinajstić information content (AvgIpc) is 2.30. The smallest absolute Gasteiger partial charge is 0.119 e. The van der Waals surface area contributed by atoms with Crippen LogP contribution in [0.1, 0.15) is 40.2 Å². The Morgan fingerprint density at radius 1 is 0.947 bits per heavy atom. The van der Waals surface area contributed by atoms with Gasteiger partial charge in [-0.25, -0.2) is 0 Å². The molecule has 1 aromatic rings. The predicted molar refractivity (Wildman–Crippen MR) is 82.8 cm³/mol. The van der Waals surface area contributed by atoms with Crippen LogP contribution < -0.4 is 10.1 Å². The Balaban J connectivity index is 2.35. The van der Waals surface area contributed by atoms with Crippen molar-refractivity contribution in [1.82, 2.24) is 5.32 Å². The molecule has 0 saturated carbocycles. The highest BCUT2D eigenvalue weighted by Crippen LogP contribution is 2.16. The summed E-state index contributed by atoms with van der Waals surface area (Å²) in [5, 5.41) is 3.52. The maximum atomic E-state index is 5.65. The lowest BCUT2D eigenvalue weighted by molar-refractivity contribution is 0.242. The van der Waals surface area contributed by atoms with Crippen LogP contribution in [0.2, 0.25) is 0 Å². The van der Waals surface area contributed by atoms with E-state index in [1.54, 1.807) is 0 Å². The molecular weight excluding hydrogens is 234 g/mol. The van der Waals surface area contributed by atoms with Crippen molar-refractivity contribution in [1.29, 1.82) is 0 Å². The highest BCUT2D eigenvalue weighted by molar-refractivity contribution is 5.27. The van der Waals surface area contributed by atoms with Crippen molar-refractivity contribution in [3.05, 3.63) is 29.8 Å². The molecule has 0 heterocycles. The van der Waals surface area contributed by atoms with Crippen LogP contribution in [-0.2, 0) is 6.42 Å². The zero-order valence-electron chi connectivity index (χ0n) is 13.1. The number of benzene rings is 1. The molecule has 0 aliphatic heterocycles. The molecule has 0 aliphatic carbocycles. The summed E-state index contributed by atoms with van der Waals surface area (Å²) in [7, 11) is 0. The highest BCUT2D eigenvalue weighted by atomic mass is 16.5. The van der Waals surface area contributed by atoms with Gasteiger partial charge in [0.15, 0.2) is 0 Å². The minimum Gasteiger partial charge on any atom is -0.491 e. The van der Waals surface area contributed by atoms with E-state index >= 15 is 0 Å². The van der Waals surface area contributed by atoms with E-state index in [1.807, 2.05) is 0 Å². The van der Waals surface area contributed by atoms with E-state index in [0.717, 1.165) is 31.2 Å². The van der Waals surface area contributed by atoms with Crippen molar-refractivity contribution in [2.24, 2.45) is 11.8 Å². The SMILES string of the molecule is CC(C)CNCC(C)Cc1ccc(OC(C)C)cc1. The van der Waals surface area contributed by atoms with Crippen LogP contribution in [0.4, 0.5) is 0 Å². The molecule has 0 amide bonds. The first kappa shape index (κ1) is 16.0. The third kappa shape index (κ3) is 7.22. The lowest BCUT2D eigenvalue weighted by Crippen LogP contribution is -2.26. The standard InChI is InChI=1S/C17H29NO/c1-13(2)11-18-12-15(5)10-16-6-8-17(9-7-16)19-14(3)4/h6-9,13-15,18H,10-12H2,1-5H3. The maximum absolute atomic E-state index is 5.65. The second-order valence-electron chi connectivity index (χ2n) is 6.17.